The number of amides is 1. The Bertz CT molecular complexity index is 1090. The number of hydrogen-bond donors (Lipinski definition) is 2. The van der Waals surface area contributed by atoms with Crippen molar-refractivity contribution in [1.82, 2.24) is 10.3 Å². The summed E-state index contributed by atoms with van der Waals surface area (Å²) in [7, 11) is 3.04. The van der Waals surface area contributed by atoms with Gasteiger partial charge in [0.25, 0.3) is 0 Å². The summed E-state index contributed by atoms with van der Waals surface area (Å²) in [4.78, 5) is 16.0. The molecule has 0 radical (unpaired) electrons. The lowest BCUT2D eigenvalue weighted by Crippen LogP contribution is -2.34. The Morgan fingerprint density at radius 3 is 2.24 bits per heavy atom. The fraction of sp³-hybridized carbons (Fsp3) is 0.280. The lowest BCUT2D eigenvalue weighted by molar-refractivity contribution is -0.137. The lowest BCUT2D eigenvalue weighted by Gasteiger charge is -2.22. The van der Waals surface area contributed by atoms with Crippen molar-refractivity contribution in [3.63, 3.8) is 0 Å². The van der Waals surface area contributed by atoms with Crippen LogP contribution >= 0.6 is 0 Å². The summed E-state index contributed by atoms with van der Waals surface area (Å²) in [5.74, 6) is 0.221. The van der Waals surface area contributed by atoms with Crippen LogP contribution in [0.1, 0.15) is 40.6 Å². The molecular formula is C25H26F3N3O3. The topological polar surface area (TPSA) is 86.5 Å². The smallest absolute Gasteiger partial charge is 0.416 e. The van der Waals surface area contributed by atoms with Gasteiger partial charge in [-0.15, -0.1) is 0 Å². The molecule has 34 heavy (non-hydrogen) atoms. The summed E-state index contributed by atoms with van der Waals surface area (Å²) in [6.45, 7) is 0.364. The molecule has 6 nitrogen and oxygen atoms in total. The van der Waals surface area contributed by atoms with Crippen molar-refractivity contribution >= 4 is 5.91 Å². The van der Waals surface area contributed by atoms with Crippen LogP contribution in [-0.2, 0) is 11.0 Å². The Kier molecular flexibility index (Phi) is 8.12. The van der Waals surface area contributed by atoms with E-state index in [1.54, 1.807) is 36.7 Å². The average molecular weight is 473 g/mol. The third-order valence-electron chi connectivity index (χ3n) is 5.53. The molecule has 0 saturated carbocycles. The van der Waals surface area contributed by atoms with Gasteiger partial charge in [0.05, 0.1) is 19.8 Å². The predicted octanol–water partition coefficient (Wildman–Crippen LogP) is 4.46. The summed E-state index contributed by atoms with van der Waals surface area (Å²) in [5.41, 5.74) is 7.01. The predicted molar refractivity (Wildman–Crippen MR) is 122 cm³/mol. The highest BCUT2D eigenvalue weighted by molar-refractivity contribution is 5.81. The van der Waals surface area contributed by atoms with Crippen molar-refractivity contribution in [2.24, 2.45) is 5.73 Å². The molecule has 0 aliphatic heterocycles. The summed E-state index contributed by atoms with van der Waals surface area (Å²) in [6.07, 6.45) is -0.786. The summed E-state index contributed by atoms with van der Waals surface area (Å²) < 4.78 is 49.9. The van der Waals surface area contributed by atoms with Crippen LogP contribution < -0.4 is 20.5 Å². The Morgan fingerprint density at radius 1 is 1.00 bits per heavy atom. The number of pyridine rings is 1. The number of hydrogen-bond acceptors (Lipinski definition) is 5. The summed E-state index contributed by atoms with van der Waals surface area (Å²) in [5, 5.41) is 3.14. The molecular weight excluding hydrogens is 447 g/mol. The highest BCUT2D eigenvalue weighted by Gasteiger charge is 2.30. The zero-order valence-corrected chi connectivity index (χ0v) is 18.8. The molecule has 0 aliphatic carbocycles. The average Bonchev–Trinajstić information content (AvgIpc) is 2.83. The van der Waals surface area contributed by atoms with Crippen molar-refractivity contribution in [2.75, 3.05) is 20.8 Å². The van der Waals surface area contributed by atoms with Crippen molar-refractivity contribution in [3.05, 3.63) is 89.2 Å². The van der Waals surface area contributed by atoms with Crippen molar-refractivity contribution < 1.29 is 27.4 Å². The maximum absolute atomic E-state index is 13.1. The molecule has 2 atom stereocenters. The quantitative estimate of drug-likeness (QED) is 0.454. The van der Waals surface area contributed by atoms with Gasteiger partial charge in [0, 0.05) is 18.3 Å². The van der Waals surface area contributed by atoms with E-state index in [9.17, 15) is 18.0 Å². The third-order valence-corrected chi connectivity index (χ3v) is 5.53. The van der Waals surface area contributed by atoms with E-state index in [0.717, 1.165) is 17.7 Å². The van der Waals surface area contributed by atoms with E-state index in [1.165, 1.54) is 26.4 Å². The SMILES string of the molecule is COc1ccc(C(CCNC(C(N)=O)c2cccnc2)c2ccc(C(F)(F)F)cc2)cc1OC. The Hall–Kier alpha value is -3.59. The first-order valence-electron chi connectivity index (χ1n) is 10.6. The first-order chi connectivity index (χ1) is 16.2. The van der Waals surface area contributed by atoms with Crippen molar-refractivity contribution in [3.8, 4) is 11.5 Å². The molecule has 3 N–H and O–H groups in total. The molecule has 0 aliphatic rings. The van der Waals surface area contributed by atoms with Gasteiger partial charge < -0.3 is 20.5 Å². The van der Waals surface area contributed by atoms with Gasteiger partial charge in [-0.25, -0.2) is 0 Å². The first-order valence-corrected chi connectivity index (χ1v) is 10.6. The number of primary amides is 1. The highest BCUT2D eigenvalue weighted by atomic mass is 19.4. The minimum atomic E-state index is -4.42. The zero-order chi connectivity index (χ0) is 24.7. The highest BCUT2D eigenvalue weighted by Crippen LogP contribution is 2.36. The van der Waals surface area contributed by atoms with Gasteiger partial charge in [0.2, 0.25) is 5.91 Å². The molecule has 0 spiro atoms. The number of carbonyl (C=O) groups excluding carboxylic acids is 1. The fourth-order valence-electron chi connectivity index (χ4n) is 3.80. The second-order valence-corrected chi connectivity index (χ2v) is 7.65. The van der Waals surface area contributed by atoms with Crippen LogP contribution in [0.15, 0.2) is 67.0 Å². The van der Waals surface area contributed by atoms with Gasteiger partial charge in [0.1, 0.15) is 6.04 Å². The molecule has 1 heterocycles. The Labute approximate surface area is 195 Å². The molecule has 0 bridgehead atoms. The van der Waals surface area contributed by atoms with E-state index in [2.05, 4.69) is 10.3 Å². The van der Waals surface area contributed by atoms with Gasteiger partial charge in [-0.3, -0.25) is 9.78 Å². The summed E-state index contributed by atoms with van der Waals surface area (Å²) >= 11 is 0. The second kappa shape index (κ2) is 11.0. The molecule has 0 fully saturated rings. The number of alkyl halides is 3. The second-order valence-electron chi connectivity index (χ2n) is 7.65. The van der Waals surface area contributed by atoms with Gasteiger partial charge in [0.15, 0.2) is 11.5 Å². The van der Waals surface area contributed by atoms with E-state index in [1.807, 2.05) is 6.07 Å². The van der Waals surface area contributed by atoms with Crippen LogP contribution in [0.4, 0.5) is 13.2 Å². The van der Waals surface area contributed by atoms with E-state index < -0.39 is 23.7 Å². The molecule has 0 saturated heterocycles. The van der Waals surface area contributed by atoms with Crippen LogP contribution in [0, 0.1) is 0 Å². The Morgan fingerprint density at radius 2 is 1.68 bits per heavy atom. The van der Waals surface area contributed by atoms with E-state index in [-0.39, 0.29) is 5.92 Å². The molecule has 1 aromatic heterocycles. The van der Waals surface area contributed by atoms with Crippen LogP contribution in [0.25, 0.3) is 0 Å². The summed E-state index contributed by atoms with van der Waals surface area (Å²) in [6, 6.07) is 13.2. The first kappa shape index (κ1) is 25.0. The van der Waals surface area contributed by atoms with Crippen LogP contribution in [-0.4, -0.2) is 31.7 Å². The maximum atomic E-state index is 13.1. The van der Waals surface area contributed by atoms with Crippen molar-refractivity contribution in [1.29, 1.82) is 0 Å². The number of carbonyl (C=O) groups is 1. The van der Waals surface area contributed by atoms with Crippen molar-refractivity contribution in [2.45, 2.75) is 24.6 Å². The molecule has 1 amide bonds. The molecule has 9 heteroatoms. The minimum absolute atomic E-state index is 0.281. The normalized spacial score (nSPS) is 13.2. The number of methoxy groups -OCH3 is 2. The number of benzene rings is 2. The molecule has 180 valence electrons. The van der Waals surface area contributed by atoms with E-state index in [0.29, 0.717) is 35.6 Å². The van der Waals surface area contributed by atoms with Gasteiger partial charge >= 0.3 is 6.18 Å². The van der Waals surface area contributed by atoms with Crippen LogP contribution in [0.5, 0.6) is 11.5 Å². The number of nitrogens with one attached hydrogen (secondary N) is 1. The van der Waals surface area contributed by atoms with Gasteiger partial charge in [-0.1, -0.05) is 24.3 Å². The standard InChI is InChI=1S/C25H26F3N3O3/c1-33-21-10-7-17(14-22(21)34-2)20(16-5-8-19(9-6-16)25(26,27)28)11-13-31-23(24(29)32)18-4-3-12-30-15-18/h3-10,12,14-15,20,23,31H,11,13H2,1-2H3,(H2,29,32). The van der Waals surface area contributed by atoms with Crippen LogP contribution in [0.2, 0.25) is 0 Å². The Balaban J connectivity index is 1.88. The molecule has 3 aromatic rings. The third kappa shape index (κ3) is 6.05. The maximum Gasteiger partial charge on any atom is 0.416 e. The zero-order valence-electron chi connectivity index (χ0n) is 18.8. The molecule has 2 unspecified atom stereocenters. The largest absolute Gasteiger partial charge is 0.493 e. The minimum Gasteiger partial charge on any atom is -0.493 e. The van der Waals surface area contributed by atoms with Crippen LogP contribution in [0.3, 0.4) is 0 Å². The monoisotopic (exact) mass is 473 g/mol. The molecule has 3 rings (SSSR count). The fourth-order valence-corrected chi connectivity index (χ4v) is 3.80. The van der Waals surface area contributed by atoms with Gasteiger partial charge in [-0.2, -0.15) is 13.2 Å². The van der Waals surface area contributed by atoms with E-state index in [4.69, 9.17) is 15.2 Å². The molecule has 2 aromatic carbocycles. The number of halogens is 3. The number of ether oxygens (including phenoxy) is 2. The number of aromatic nitrogens is 1. The number of rotatable bonds is 10. The number of nitrogens with zero attached hydrogens (tertiary/aromatic N) is 1. The number of nitrogens with two attached hydrogens (primary N) is 1. The van der Waals surface area contributed by atoms with E-state index >= 15 is 0 Å². The van der Waals surface area contributed by atoms with Gasteiger partial charge in [-0.05, 0) is 60.0 Å². The lowest BCUT2D eigenvalue weighted by atomic mass is 9.87.